The Morgan fingerprint density at radius 3 is 2.48 bits per heavy atom. The zero-order valence-electron chi connectivity index (χ0n) is 16.1. The molecule has 0 fully saturated rings. The predicted molar refractivity (Wildman–Crippen MR) is 107 cm³/mol. The summed E-state index contributed by atoms with van der Waals surface area (Å²) in [5, 5.41) is 9.17. The third kappa shape index (κ3) is 6.40. The molecule has 0 saturated carbocycles. The second-order valence-corrected chi connectivity index (χ2v) is 6.19. The van der Waals surface area contributed by atoms with Crippen LogP contribution in [0.15, 0.2) is 47.5 Å². The number of hydrogen-bond acceptors (Lipinski definition) is 2. The molecule has 0 aromatic heterocycles. The number of guanidine groups is 1. The Morgan fingerprint density at radius 2 is 1.78 bits per heavy atom. The van der Waals surface area contributed by atoms with Crippen LogP contribution < -0.4 is 16.0 Å². The minimum Gasteiger partial charge on any atom is -0.357 e. The van der Waals surface area contributed by atoms with Gasteiger partial charge in [-0.3, -0.25) is 4.79 Å². The lowest BCUT2D eigenvalue weighted by molar-refractivity contribution is 0.0955. The van der Waals surface area contributed by atoms with Crippen molar-refractivity contribution >= 4 is 11.9 Å². The van der Waals surface area contributed by atoms with Gasteiger partial charge in [0, 0.05) is 25.2 Å². The van der Waals surface area contributed by atoms with Crippen molar-refractivity contribution in [2.45, 2.75) is 33.9 Å². The van der Waals surface area contributed by atoms with Crippen LogP contribution in [0.2, 0.25) is 0 Å². The number of amides is 1. The summed E-state index contributed by atoms with van der Waals surface area (Å²) in [6, 6.07) is 12.6. The summed E-state index contributed by atoms with van der Waals surface area (Å²) in [5.74, 6) is 0.343. The molecule has 2 rings (SSSR count). The Balaban J connectivity index is 2.03. The highest BCUT2D eigenvalue weighted by Gasteiger charge is 2.05. The molecular formula is C21H27FN4O. The molecule has 0 spiro atoms. The Morgan fingerprint density at radius 1 is 1.00 bits per heavy atom. The van der Waals surface area contributed by atoms with E-state index in [0.29, 0.717) is 43.3 Å². The first kappa shape index (κ1) is 20.4. The molecule has 5 nitrogen and oxygen atoms in total. The molecule has 0 unspecified atom stereocenters. The van der Waals surface area contributed by atoms with Gasteiger partial charge >= 0.3 is 0 Å². The Bertz CT molecular complexity index is 805. The molecule has 0 heterocycles. The Hall–Kier alpha value is -2.89. The average molecular weight is 370 g/mol. The van der Waals surface area contributed by atoms with E-state index in [9.17, 15) is 9.18 Å². The maximum absolute atomic E-state index is 13.7. The van der Waals surface area contributed by atoms with Crippen molar-refractivity contribution in [3.8, 4) is 0 Å². The van der Waals surface area contributed by atoms with Crippen LogP contribution in [0.1, 0.15) is 40.9 Å². The molecule has 2 aromatic carbocycles. The van der Waals surface area contributed by atoms with Crippen LogP contribution in [0, 0.1) is 12.7 Å². The number of halogens is 1. The SMILES string of the molecule is CCNC(=O)c1cccc(CN=C(NCC)NCc2ccc(C)c(F)c2)c1. The molecule has 0 aliphatic rings. The van der Waals surface area contributed by atoms with Crippen molar-refractivity contribution in [1.82, 2.24) is 16.0 Å². The van der Waals surface area contributed by atoms with E-state index < -0.39 is 0 Å². The van der Waals surface area contributed by atoms with Gasteiger partial charge in [-0.2, -0.15) is 0 Å². The normalized spacial score (nSPS) is 11.2. The highest BCUT2D eigenvalue weighted by molar-refractivity contribution is 5.94. The number of benzene rings is 2. The molecule has 2 aromatic rings. The summed E-state index contributed by atoms with van der Waals surface area (Å²) in [6.45, 7) is 7.83. The number of carbonyl (C=O) groups excluding carboxylic acids is 1. The van der Waals surface area contributed by atoms with E-state index in [1.165, 1.54) is 6.07 Å². The fourth-order valence-corrected chi connectivity index (χ4v) is 2.52. The van der Waals surface area contributed by atoms with Gasteiger partial charge < -0.3 is 16.0 Å². The number of carbonyl (C=O) groups is 1. The lowest BCUT2D eigenvalue weighted by Gasteiger charge is -2.12. The van der Waals surface area contributed by atoms with Crippen molar-refractivity contribution in [3.05, 3.63) is 70.5 Å². The van der Waals surface area contributed by atoms with Crippen LogP contribution in [0.3, 0.4) is 0 Å². The molecule has 0 aliphatic heterocycles. The molecular weight excluding hydrogens is 343 g/mol. The smallest absolute Gasteiger partial charge is 0.251 e. The summed E-state index contributed by atoms with van der Waals surface area (Å²) >= 11 is 0. The average Bonchev–Trinajstić information content (AvgIpc) is 2.67. The Labute approximate surface area is 160 Å². The standard InChI is InChI=1S/C21H27FN4O/c1-4-23-20(27)18-8-6-7-16(11-18)13-25-21(24-5-2)26-14-17-10-9-15(3)19(22)12-17/h6-12H,4-5,13-14H2,1-3H3,(H,23,27)(H2,24,25,26). The topological polar surface area (TPSA) is 65.5 Å². The lowest BCUT2D eigenvalue weighted by Crippen LogP contribution is -2.36. The number of hydrogen-bond donors (Lipinski definition) is 3. The quantitative estimate of drug-likeness (QED) is 0.518. The second-order valence-electron chi connectivity index (χ2n) is 6.19. The fourth-order valence-electron chi connectivity index (χ4n) is 2.52. The number of rotatable bonds is 7. The van der Waals surface area contributed by atoms with E-state index in [1.807, 2.05) is 38.1 Å². The highest BCUT2D eigenvalue weighted by Crippen LogP contribution is 2.09. The van der Waals surface area contributed by atoms with Gasteiger partial charge in [-0.25, -0.2) is 9.38 Å². The molecule has 0 radical (unpaired) electrons. The molecule has 27 heavy (non-hydrogen) atoms. The zero-order chi connectivity index (χ0) is 19.6. The van der Waals surface area contributed by atoms with Crippen LogP contribution >= 0.6 is 0 Å². The number of nitrogens with zero attached hydrogens (tertiary/aromatic N) is 1. The second kappa shape index (κ2) is 10.3. The van der Waals surface area contributed by atoms with Gasteiger partial charge in [0.1, 0.15) is 5.82 Å². The first-order valence-corrected chi connectivity index (χ1v) is 9.17. The summed E-state index contributed by atoms with van der Waals surface area (Å²) in [7, 11) is 0. The van der Waals surface area contributed by atoms with Crippen LogP contribution in [0.25, 0.3) is 0 Å². The number of nitrogens with one attached hydrogen (secondary N) is 3. The summed E-state index contributed by atoms with van der Waals surface area (Å²) in [5.41, 5.74) is 3.04. The highest BCUT2D eigenvalue weighted by atomic mass is 19.1. The van der Waals surface area contributed by atoms with Crippen molar-refractivity contribution in [2.75, 3.05) is 13.1 Å². The maximum Gasteiger partial charge on any atom is 0.251 e. The fraction of sp³-hybridized carbons (Fsp3) is 0.333. The van der Waals surface area contributed by atoms with E-state index in [1.54, 1.807) is 19.1 Å². The maximum atomic E-state index is 13.7. The van der Waals surface area contributed by atoms with Gasteiger partial charge in [0.25, 0.3) is 5.91 Å². The van der Waals surface area contributed by atoms with E-state index >= 15 is 0 Å². The summed E-state index contributed by atoms with van der Waals surface area (Å²) in [4.78, 5) is 16.5. The largest absolute Gasteiger partial charge is 0.357 e. The number of aliphatic imine (C=N–C) groups is 1. The third-order valence-corrected chi connectivity index (χ3v) is 3.99. The van der Waals surface area contributed by atoms with Crippen LogP contribution in [-0.2, 0) is 13.1 Å². The van der Waals surface area contributed by atoms with E-state index in [2.05, 4.69) is 20.9 Å². The molecule has 0 saturated heterocycles. The lowest BCUT2D eigenvalue weighted by atomic mass is 10.1. The van der Waals surface area contributed by atoms with Crippen molar-refractivity contribution in [1.29, 1.82) is 0 Å². The van der Waals surface area contributed by atoms with Crippen molar-refractivity contribution in [3.63, 3.8) is 0 Å². The van der Waals surface area contributed by atoms with Crippen LogP contribution in [0.4, 0.5) is 4.39 Å². The van der Waals surface area contributed by atoms with Gasteiger partial charge in [-0.15, -0.1) is 0 Å². The number of aryl methyl sites for hydroxylation is 1. The van der Waals surface area contributed by atoms with E-state index in [-0.39, 0.29) is 11.7 Å². The van der Waals surface area contributed by atoms with Gasteiger partial charge in [0.05, 0.1) is 6.54 Å². The van der Waals surface area contributed by atoms with Gasteiger partial charge in [0.15, 0.2) is 5.96 Å². The first-order chi connectivity index (χ1) is 13.0. The molecule has 0 atom stereocenters. The van der Waals surface area contributed by atoms with E-state index in [4.69, 9.17) is 0 Å². The van der Waals surface area contributed by atoms with Gasteiger partial charge in [-0.05, 0) is 55.7 Å². The van der Waals surface area contributed by atoms with Crippen LogP contribution in [0.5, 0.6) is 0 Å². The molecule has 6 heteroatoms. The van der Waals surface area contributed by atoms with Gasteiger partial charge in [-0.1, -0.05) is 24.3 Å². The van der Waals surface area contributed by atoms with E-state index in [0.717, 1.165) is 11.1 Å². The van der Waals surface area contributed by atoms with Crippen molar-refractivity contribution in [2.24, 2.45) is 4.99 Å². The molecule has 0 bridgehead atoms. The summed E-state index contributed by atoms with van der Waals surface area (Å²) < 4.78 is 13.7. The minimum atomic E-state index is -0.210. The zero-order valence-corrected chi connectivity index (χ0v) is 16.1. The van der Waals surface area contributed by atoms with Gasteiger partial charge in [0.2, 0.25) is 0 Å². The molecule has 3 N–H and O–H groups in total. The molecule has 0 aliphatic carbocycles. The predicted octanol–water partition coefficient (Wildman–Crippen LogP) is 3.14. The summed E-state index contributed by atoms with van der Waals surface area (Å²) in [6.07, 6.45) is 0. The third-order valence-electron chi connectivity index (χ3n) is 3.99. The first-order valence-electron chi connectivity index (χ1n) is 9.17. The van der Waals surface area contributed by atoms with Crippen molar-refractivity contribution < 1.29 is 9.18 Å². The van der Waals surface area contributed by atoms with Crippen LogP contribution in [-0.4, -0.2) is 25.0 Å². The minimum absolute atomic E-state index is 0.0882. The molecule has 1 amide bonds. The Kier molecular flexibility index (Phi) is 7.79. The molecule has 144 valence electrons. The monoisotopic (exact) mass is 370 g/mol.